The highest BCUT2D eigenvalue weighted by Gasteiger charge is 2.54. The van der Waals surface area contributed by atoms with Gasteiger partial charge in [0.25, 0.3) is 0 Å². The number of amides is 1. The molecule has 2 aromatic rings. The third kappa shape index (κ3) is 2.63. The number of nitrogens with zero attached hydrogens (tertiary/aromatic N) is 3. The molecule has 6 rings (SSSR count). The van der Waals surface area contributed by atoms with Gasteiger partial charge in [0, 0.05) is 23.4 Å². The number of hydrogen-bond acceptors (Lipinski definition) is 4. The molecule has 2 N–H and O–H groups in total. The summed E-state index contributed by atoms with van der Waals surface area (Å²) in [5, 5.41) is 10.5. The van der Waals surface area contributed by atoms with Gasteiger partial charge in [-0.2, -0.15) is 5.10 Å². The number of carbonyl (C=O) groups excluding carboxylic acids is 1. The van der Waals surface area contributed by atoms with E-state index in [-0.39, 0.29) is 17.4 Å². The zero-order valence-electron chi connectivity index (χ0n) is 15.1. The van der Waals surface area contributed by atoms with Gasteiger partial charge in [-0.3, -0.25) is 14.9 Å². The van der Waals surface area contributed by atoms with E-state index in [2.05, 4.69) is 25.5 Å². The van der Waals surface area contributed by atoms with E-state index in [0.717, 1.165) is 42.6 Å². The molecule has 4 aliphatic carbocycles. The number of hydrogen-bond donors (Lipinski definition) is 2. The van der Waals surface area contributed by atoms with Crippen molar-refractivity contribution in [2.45, 2.75) is 51.5 Å². The summed E-state index contributed by atoms with van der Waals surface area (Å²) in [6.07, 6.45) is 10.7. The standard InChI is InChI=1S/C20H25N5O/c1-12(17-23-18(25-24-17)16-3-2-4-21-11-16)22-19(26)20-8-13-5-14(9-20)7-15(6-13)10-20/h2-4,11-15H,5-10H2,1H3,(H,22,26)(H,23,24,25)/t12-,13?,14?,15?,20?/m1/s1. The predicted octanol–water partition coefficient (Wildman–Crippen LogP) is 3.26. The van der Waals surface area contributed by atoms with Crippen molar-refractivity contribution in [1.29, 1.82) is 0 Å². The smallest absolute Gasteiger partial charge is 0.226 e. The van der Waals surface area contributed by atoms with E-state index in [9.17, 15) is 4.79 Å². The molecule has 0 radical (unpaired) electrons. The summed E-state index contributed by atoms with van der Waals surface area (Å²) >= 11 is 0. The zero-order valence-corrected chi connectivity index (χ0v) is 15.1. The van der Waals surface area contributed by atoms with Crippen molar-refractivity contribution in [2.75, 3.05) is 0 Å². The molecule has 0 aromatic carbocycles. The lowest BCUT2D eigenvalue weighted by Gasteiger charge is -2.55. The van der Waals surface area contributed by atoms with Crippen LogP contribution in [-0.2, 0) is 4.79 Å². The van der Waals surface area contributed by atoms with E-state index in [1.165, 1.54) is 19.3 Å². The van der Waals surface area contributed by atoms with Gasteiger partial charge in [-0.1, -0.05) is 0 Å². The molecule has 136 valence electrons. The average molecular weight is 351 g/mol. The van der Waals surface area contributed by atoms with Crippen LogP contribution in [0, 0.1) is 23.2 Å². The van der Waals surface area contributed by atoms with Crippen molar-refractivity contribution in [1.82, 2.24) is 25.5 Å². The minimum atomic E-state index is -0.173. The molecule has 0 unspecified atom stereocenters. The molecule has 26 heavy (non-hydrogen) atoms. The largest absolute Gasteiger partial charge is 0.346 e. The molecule has 2 aromatic heterocycles. The van der Waals surface area contributed by atoms with Crippen molar-refractivity contribution in [3.05, 3.63) is 30.4 Å². The Morgan fingerprint density at radius 3 is 2.54 bits per heavy atom. The molecule has 0 spiro atoms. The van der Waals surface area contributed by atoms with Crippen molar-refractivity contribution in [3.63, 3.8) is 0 Å². The van der Waals surface area contributed by atoms with Crippen molar-refractivity contribution in [2.24, 2.45) is 23.2 Å². The van der Waals surface area contributed by atoms with Crippen LogP contribution in [0.25, 0.3) is 11.4 Å². The van der Waals surface area contributed by atoms with Crippen LogP contribution in [0.4, 0.5) is 0 Å². The molecule has 4 saturated carbocycles. The molecular formula is C20H25N5O. The van der Waals surface area contributed by atoms with Gasteiger partial charge in [0.1, 0.15) is 5.82 Å². The van der Waals surface area contributed by atoms with Crippen LogP contribution in [0.3, 0.4) is 0 Å². The van der Waals surface area contributed by atoms with Crippen molar-refractivity contribution >= 4 is 5.91 Å². The van der Waals surface area contributed by atoms with Gasteiger partial charge in [-0.25, -0.2) is 4.98 Å². The number of aromatic nitrogens is 4. The van der Waals surface area contributed by atoms with Crippen LogP contribution < -0.4 is 5.32 Å². The average Bonchev–Trinajstić information content (AvgIpc) is 3.11. The molecule has 1 atom stereocenters. The molecule has 6 heteroatoms. The van der Waals surface area contributed by atoms with Gasteiger partial charge in [0.15, 0.2) is 5.82 Å². The molecule has 0 saturated heterocycles. The van der Waals surface area contributed by atoms with Gasteiger partial charge in [0.2, 0.25) is 5.91 Å². The first-order valence-corrected chi connectivity index (χ1v) is 9.75. The van der Waals surface area contributed by atoms with E-state index in [4.69, 9.17) is 0 Å². The maximum atomic E-state index is 13.2. The third-order valence-electron chi connectivity index (χ3n) is 6.70. The second kappa shape index (κ2) is 5.89. The van der Waals surface area contributed by atoms with E-state index >= 15 is 0 Å². The minimum absolute atomic E-state index is 0.130. The number of pyridine rings is 1. The Morgan fingerprint density at radius 1 is 1.23 bits per heavy atom. The van der Waals surface area contributed by atoms with Crippen LogP contribution in [0.5, 0.6) is 0 Å². The van der Waals surface area contributed by atoms with E-state index in [1.54, 1.807) is 12.4 Å². The Hall–Kier alpha value is -2.24. The molecule has 1 amide bonds. The predicted molar refractivity (Wildman–Crippen MR) is 96.8 cm³/mol. The summed E-state index contributed by atoms with van der Waals surface area (Å²) in [6, 6.07) is 3.62. The summed E-state index contributed by atoms with van der Waals surface area (Å²) in [5.74, 6) is 3.84. The summed E-state index contributed by atoms with van der Waals surface area (Å²) < 4.78 is 0. The lowest BCUT2D eigenvalue weighted by Crippen LogP contribution is -2.53. The fraction of sp³-hybridized carbons (Fsp3) is 0.600. The van der Waals surface area contributed by atoms with Gasteiger partial charge in [0.05, 0.1) is 6.04 Å². The van der Waals surface area contributed by atoms with E-state index in [1.807, 2.05) is 19.1 Å². The fourth-order valence-corrected chi connectivity index (χ4v) is 5.90. The summed E-state index contributed by atoms with van der Waals surface area (Å²) in [4.78, 5) is 21.8. The molecule has 2 heterocycles. The number of aromatic amines is 1. The summed E-state index contributed by atoms with van der Waals surface area (Å²) in [6.45, 7) is 1.98. The topological polar surface area (TPSA) is 83.6 Å². The highest BCUT2D eigenvalue weighted by Crippen LogP contribution is 2.60. The summed E-state index contributed by atoms with van der Waals surface area (Å²) in [7, 11) is 0. The Morgan fingerprint density at radius 2 is 1.92 bits per heavy atom. The molecule has 6 nitrogen and oxygen atoms in total. The summed E-state index contributed by atoms with van der Waals surface area (Å²) in [5.41, 5.74) is 0.740. The number of rotatable bonds is 4. The number of H-pyrrole nitrogens is 1. The first-order valence-electron chi connectivity index (χ1n) is 9.75. The number of nitrogens with one attached hydrogen (secondary N) is 2. The Bertz CT molecular complexity index is 779. The van der Waals surface area contributed by atoms with Crippen LogP contribution in [-0.4, -0.2) is 26.1 Å². The fourth-order valence-electron chi connectivity index (χ4n) is 5.90. The second-order valence-electron chi connectivity index (χ2n) is 8.68. The molecule has 4 fully saturated rings. The van der Waals surface area contributed by atoms with Crippen molar-refractivity contribution < 1.29 is 4.79 Å². The van der Waals surface area contributed by atoms with Gasteiger partial charge in [-0.05, 0) is 75.3 Å². The van der Waals surface area contributed by atoms with Crippen molar-refractivity contribution in [3.8, 4) is 11.4 Å². The molecular weight excluding hydrogens is 326 g/mol. The third-order valence-corrected chi connectivity index (χ3v) is 6.70. The van der Waals surface area contributed by atoms with Crippen LogP contribution >= 0.6 is 0 Å². The highest BCUT2D eigenvalue weighted by atomic mass is 16.2. The van der Waals surface area contributed by atoms with E-state index < -0.39 is 0 Å². The SMILES string of the molecule is C[C@@H](NC(=O)C12CC3CC(CC(C3)C1)C2)c1nc(-c2cccnc2)n[nH]1. The minimum Gasteiger partial charge on any atom is -0.346 e. The molecule has 0 aliphatic heterocycles. The van der Waals surface area contributed by atoms with Crippen LogP contribution in [0.1, 0.15) is 57.3 Å². The van der Waals surface area contributed by atoms with Crippen LogP contribution in [0.15, 0.2) is 24.5 Å². The lowest BCUT2D eigenvalue weighted by molar-refractivity contribution is -0.147. The Labute approximate surface area is 153 Å². The Balaban J connectivity index is 1.31. The maximum Gasteiger partial charge on any atom is 0.226 e. The van der Waals surface area contributed by atoms with Crippen LogP contribution in [0.2, 0.25) is 0 Å². The monoisotopic (exact) mass is 351 g/mol. The molecule has 4 bridgehead atoms. The van der Waals surface area contributed by atoms with Gasteiger partial charge in [-0.15, -0.1) is 0 Å². The number of carbonyl (C=O) groups is 1. The van der Waals surface area contributed by atoms with E-state index in [0.29, 0.717) is 11.6 Å². The first-order chi connectivity index (χ1) is 12.6. The van der Waals surface area contributed by atoms with Gasteiger partial charge >= 0.3 is 0 Å². The maximum absolute atomic E-state index is 13.2. The van der Waals surface area contributed by atoms with Gasteiger partial charge < -0.3 is 5.32 Å². The normalized spacial score (nSPS) is 33.2. The highest BCUT2D eigenvalue weighted by molar-refractivity contribution is 5.83. The quantitative estimate of drug-likeness (QED) is 0.885. The first kappa shape index (κ1) is 16.0. The second-order valence-corrected chi connectivity index (χ2v) is 8.68. The molecule has 4 aliphatic rings. The zero-order chi connectivity index (χ0) is 17.7. The lowest BCUT2D eigenvalue weighted by atomic mass is 9.49. The Kier molecular flexibility index (Phi) is 3.62.